The fourth-order valence-electron chi connectivity index (χ4n) is 4.13. The van der Waals surface area contributed by atoms with Gasteiger partial charge in [0.1, 0.15) is 5.60 Å². The zero-order chi connectivity index (χ0) is 21.0. The summed E-state index contributed by atoms with van der Waals surface area (Å²) < 4.78 is 47.7. The van der Waals surface area contributed by atoms with E-state index in [1.807, 2.05) is 20.8 Å². The summed E-state index contributed by atoms with van der Waals surface area (Å²) in [5.74, 6) is -0.574. The van der Waals surface area contributed by atoms with Crippen molar-refractivity contribution in [3.8, 4) is 0 Å². The predicted octanol–water partition coefficient (Wildman–Crippen LogP) is 2.86. The standard InChI is InChI=1S/C20H24FN3O4S/c1-20(2,3)28-19(25)23-9-14-11-24(12-15(14)10-23)29(26,27)17-6-4-5-13-7-22-8-16(21)18(13)17/h4-8,14-15H,9-12H2,1-3H3/t14-,15+. The van der Waals surface area contributed by atoms with Crippen molar-refractivity contribution in [2.45, 2.75) is 31.3 Å². The van der Waals surface area contributed by atoms with Gasteiger partial charge in [0.2, 0.25) is 10.0 Å². The van der Waals surface area contributed by atoms with E-state index in [-0.39, 0.29) is 28.2 Å². The Morgan fingerprint density at radius 3 is 2.41 bits per heavy atom. The number of rotatable bonds is 2. The normalized spacial score (nSPS) is 22.8. The van der Waals surface area contributed by atoms with Crippen LogP contribution in [0.5, 0.6) is 0 Å². The maximum Gasteiger partial charge on any atom is 0.410 e. The first-order valence-corrected chi connectivity index (χ1v) is 11.0. The molecule has 2 aromatic rings. The van der Waals surface area contributed by atoms with Crippen LogP contribution in [-0.2, 0) is 14.8 Å². The van der Waals surface area contributed by atoms with E-state index in [9.17, 15) is 17.6 Å². The first-order valence-electron chi connectivity index (χ1n) is 9.56. The summed E-state index contributed by atoms with van der Waals surface area (Å²) in [6.45, 7) is 6.96. The third-order valence-electron chi connectivity index (χ3n) is 5.42. The summed E-state index contributed by atoms with van der Waals surface area (Å²) in [5, 5.41) is 0.511. The van der Waals surface area contributed by atoms with Crippen LogP contribution < -0.4 is 0 Å². The van der Waals surface area contributed by atoms with Crippen LogP contribution >= 0.6 is 0 Å². The molecule has 2 saturated heterocycles. The molecule has 7 nitrogen and oxygen atoms in total. The minimum absolute atomic E-state index is 0.0405. The van der Waals surface area contributed by atoms with E-state index < -0.39 is 21.4 Å². The molecule has 2 atom stereocenters. The van der Waals surface area contributed by atoms with Gasteiger partial charge in [-0.25, -0.2) is 17.6 Å². The number of likely N-dealkylation sites (tertiary alicyclic amines) is 1. The summed E-state index contributed by atoms with van der Waals surface area (Å²) in [6, 6.07) is 4.67. The second kappa shape index (κ2) is 6.91. The number of nitrogens with zero attached hydrogens (tertiary/aromatic N) is 3. The lowest BCUT2D eigenvalue weighted by Gasteiger charge is -2.26. The first kappa shape index (κ1) is 20.0. The monoisotopic (exact) mass is 421 g/mol. The predicted molar refractivity (Wildman–Crippen MR) is 105 cm³/mol. The Morgan fingerprint density at radius 1 is 1.14 bits per heavy atom. The SMILES string of the molecule is CC(C)(C)OC(=O)N1C[C@@H]2CN(S(=O)(=O)c3cccc4cncc(F)c34)C[C@@H]2C1. The quantitative estimate of drug-likeness (QED) is 0.745. The van der Waals surface area contributed by atoms with Crippen molar-refractivity contribution in [3.05, 3.63) is 36.4 Å². The molecule has 4 rings (SSSR count). The number of ether oxygens (including phenoxy) is 1. The summed E-state index contributed by atoms with van der Waals surface area (Å²) in [5.41, 5.74) is -0.572. The Kier molecular flexibility index (Phi) is 4.77. The van der Waals surface area contributed by atoms with Gasteiger partial charge >= 0.3 is 6.09 Å². The molecule has 0 bridgehead atoms. The third-order valence-corrected chi connectivity index (χ3v) is 7.30. The van der Waals surface area contributed by atoms with Gasteiger partial charge < -0.3 is 9.64 Å². The molecular weight excluding hydrogens is 397 g/mol. The highest BCUT2D eigenvalue weighted by Crippen LogP contribution is 2.36. The van der Waals surface area contributed by atoms with Crippen LogP contribution in [0.1, 0.15) is 20.8 Å². The Balaban J connectivity index is 1.54. The number of hydrogen-bond donors (Lipinski definition) is 0. The van der Waals surface area contributed by atoms with Crippen LogP contribution in [0.2, 0.25) is 0 Å². The van der Waals surface area contributed by atoms with Crippen molar-refractivity contribution in [2.24, 2.45) is 11.8 Å². The maximum atomic E-state index is 14.4. The smallest absolute Gasteiger partial charge is 0.410 e. The number of benzene rings is 1. The summed E-state index contributed by atoms with van der Waals surface area (Å²) >= 11 is 0. The molecule has 2 aliphatic rings. The van der Waals surface area contributed by atoms with E-state index in [1.54, 1.807) is 17.0 Å². The second-order valence-electron chi connectivity index (χ2n) is 8.70. The average Bonchev–Trinajstić information content (AvgIpc) is 3.19. The Labute approximate surface area is 169 Å². The number of aromatic nitrogens is 1. The lowest BCUT2D eigenvalue weighted by Crippen LogP contribution is -2.38. The zero-order valence-electron chi connectivity index (χ0n) is 16.6. The van der Waals surface area contributed by atoms with Crippen LogP contribution in [0.3, 0.4) is 0 Å². The first-order chi connectivity index (χ1) is 13.6. The summed E-state index contributed by atoms with van der Waals surface area (Å²) in [7, 11) is -3.87. The molecule has 29 heavy (non-hydrogen) atoms. The molecule has 0 spiro atoms. The van der Waals surface area contributed by atoms with Crippen LogP contribution in [0, 0.1) is 17.7 Å². The van der Waals surface area contributed by atoms with Crippen molar-refractivity contribution in [2.75, 3.05) is 26.2 Å². The van der Waals surface area contributed by atoms with E-state index in [0.29, 0.717) is 31.6 Å². The number of amides is 1. The zero-order valence-corrected chi connectivity index (χ0v) is 17.4. The second-order valence-corrected chi connectivity index (χ2v) is 10.6. The molecular formula is C20H24FN3O4S. The molecule has 156 valence electrons. The minimum Gasteiger partial charge on any atom is -0.444 e. The Morgan fingerprint density at radius 2 is 1.79 bits per heavy atom. The molecule has 0 radical (unpaired) electrons. The average molecular weight is 421 g/mol. The van der Waals surface area contributed by atoms with E-state index in [1.165, 1.54) is 16.6 Å². The maximum absolute atomic E-state index is 14.4. The Bertz CT molecular complexity index is 1050. The van der Waals surface area contributed by atoms with Crippen molar-refractivity contribution in [1.82, 2.24) is 14.2 Å². The largest absolute Gasteiger partial charge is 0.444 e. The van der Waals surface area contributed by atoms with Gasteiger partial charge in [-0.1, -0.05) is 12.1 Å². The molecule has 3 heterocycles. The number of sulfonamides is 1. The summed E-state index contributed by atoms with van der Waals surface area (Å²) in [6.07, 6.45) is 2.11. The minimum atomic E-state index is -3.87. The number of fused-ring (bicyclic) bond motifs is 2. The molecule has 2 fully saturated rings. The molecule has 0 aliphatic carbocycles. The van der Waals surface area contributed by atoms with Crippen molar-refractivity contribution < 1.29 is 22.3 Å². The highest BCUT2D eigenvalue weighted by molar-refractivity contribution is 7.89. The molecule has 0 saturated carbocycles. The van der Waals surface area contributed by atoms with Crippen molar-refractivity contribution >= 4 is 26.9 Å². The summed E-state index contributed by atoms with van der Waals surface area (Å²) in [4.78, 5) is 17.7. The topological polar surface area (TPSA) is 79.8 Å². The van der Waals surface area contributed by atoms with E-state index in [4.69, 9.17) is 4.74 Å². The molecule has 0 N–H and O–H groups in total. The molecule has 9 heteroatoms. The highest BCUT2D eigenvalue weighted by Gasteiger charge is 2.46. The molecule has 1 aromatic carbocycles. The van der Waals surface area contributed by atoms with Crippen LogP contribution in [0.4, 0.5) is 9.18 Å². The van der Waals surface area contributed by atoms with Gasteiger partial charge in [0.15, 0.2) is 5.82 Å². The number of halogens is 1. The highest BCUT2D eigenvalue weighted by atomic mass is 32.2. The number of hydrogen-bond acceptors (Lipinski definition) is 5. The van der Waals surface area contributed by atoms with Crippen molar-refractivity contribution in [1.29, 1.82) is 0 Å². The van der Waals surface area contributed by atoms with Crippen LogP contribution in [0.15, 0.2) is 35.5 Å². The van der Waals surface area contributed by atoms with Crippen molar-refractivity contribution in [3.63, 3.8) is 0 Å². The van der Waals surface area contributed by atoms with Gasteiger partial charge in [-0.05, 0) is 38.7 Å². The van der Waals surface area contributed by atoms with E-state index >= 15 is 0 Å². The number of carbonyl (C=O) groups excluding carboxylic acids is 1. The molecule has 1 aromatic heterocycles. The van der Waals surface area contributed by atoms with Gasteiger partial charge in [0, 0.05) is 43.1 Å². The molecule has 1 amide bonds. The molecule has 2 aliphatic heterocycles. The fraction of sp³-hybridized carbons (Fsp3) is 0.500. The van der Waals surface area contributed by atoms with Gasteiger partial charge in [0.25, 0.3) is 0 Å². The number of carbonyl (C=O) groups is 1. The lowest BCUT2D eigenvalue weighted by molar-refractivity contribution is 0.0279. The van der Waals surface area contributed by atoms with E-state index in [0.717, 1.165) is 6.20 Å². The van der Waals surface area contributed by atoms with E-state index in [2.05, 4.69) is 4.98 Å². The Hall–Kier alpha value is -2.26. The van der Waals surface area contributed by atoms with Gasteiger partial charge in [-0.2, -0.15) is 4.31 Å². The lowest BCUT2D eigenvalue weighted by atomic mass is 10.0. The third kappa shape index (κ3) is 3.69. The van der Waals surface area contributed by atoms with Gasteiger partial charge in [0.05, 0.1) is 11.1 Å². The van der Waals surface area contributed by atoms with Gasteiger partial charge in [-0.3, -0.25) is 4.98 Å². The molecule has 0 unspecified atom stereocenters. The number of pyridine rings is 1. The van der Waals surface area contributed by atoms with Gasteiger partial charge in [-0.15, -0.1) is 0 Å². The van der Waals surface area contributed by atoms with Crippen LogP contribution in [-0.4, -0.2) is 60.5 Å². The van der Waals surface area contributed by atoms with Crippen LogP contribution in [0.25, 0.3) is 10.8 Å². The fourth-order valence-corrected chi connectivity index (χ4v) is 5.91.